The average Bonchev–Trinajstić information content (AvgIpc) is 2.26. The molecule has 0 aromatic heterocycles. The fraction of sp³-hybridized carbons (Fsp3) is 0.833. The van der Waals surface area contributed by atoms with Gasteiger partial charge in [0.25, 0.3) is 0 Å². The Morgan fingerprint density at radius 3 is 2.00 bits per heavy atom. The van der Waals surface area contributed by atoms with E-state index in [0.717, 1.165) is 32.1 Å². The van der Waals surface area contributed by atoms with Crippen molar-refractivity contribution >= 4 is 11.9 Å². The molecule has 0 spiro atoms. The molecule has 106 valence electrons. The zero-order valence-electron chi connectivity index (χ0n) is 10.9. The molecule has 0 aromatic rings. The first kappa shape index (κ1) is 16.9. The van der Waals surface area contributed by atoms with Crippen LogP contribution in [-0.4, -0.2) is 27.8 Å². The number of unbranched alkanes of at least 4 members (excludes halogenated alkanes) is 5. The molecule has 0 amide bonds. The minimum atomic E-state index is -2.20. The number of aliphatic carboxylic acids is 2. The SMILES string of the molecule is CCCCCCCCC(C(=O)O)C(N)(N)C(=O)O. The van der Waals surface area contributed by atoms with Gasteiger partial charge in [0.2, 0.25) is 0 Å². The molecule has 0 aromatic carbocycles. The van der Waals surface area contributed by atoms with Crippen LogP contribution in [0.4, 0.5) is 0 Å². The topological polar surface area (TPSA) is 127 Å². The largest absolute Gasteiger partial charge is 0.481 e. The lowest BCUT2D eigenvalue weighted by Gasteiger charge is -2.26. The Bertz CT molecular complexity index is 279. The van der Waals surface area contributed by atoms with Crippen molar-refractivity contribution in [2.75, 3.05) is 0 Å². The summed E-state index contributed by atoms with van der Waals surface area (Å²) in [6.07, 6.45) is 6.14. The standard InChI is InChI=1S/C12H24N2O4/c1-2-3-4-5-6-7-8-9(10(15)16)12(13,14)11(17)18/h9H,2-8,13-14H2,1H3,(H,15,16)(H,17,18). The number of hydrogen-bond acceptors (Lipinski definition) is 4. The average molecular weight is 260 g/mol. The molecule has 0 bridgehead atoms. The van der Waals surface area contributed by atoms with Crippen molar-refractivity contribution in [1.29, 1.82) is 0 Å². The normalized spacial score (nSPS) is 13.3. The highest BCUT2D eigenvalue weighted by molar-refractivity contribution is 5.85. The number of rotatable bonds is 10. The third-order valence-electron chi connectivity index (χ3n) is 3.09. The van der Waals surface area contributed by atoms with Gasteiger partial charge in [-0.3, -0.25) is 4.79 Å². The fourth-order valence-electron chi connectivity index (χ4n) is 1.84. The molecule has 0 rings (SSSR count). The molecule has 6 N–H and O–H groups in total. The first-order chi connectivity index (χ1) is 8.34. The maximum Gasteiger partial charge on any atom is 0.339 e. The monoisotopic (exact) mass is 260 g/mol. The Labute approximate surface area is 107 Å². The highest BCUT2D eigenvalue weighted by atomic mass is 16.4. The summed E-state index contributed by atoms with van der Waals surface area (Å²) in [4.78, 5) is 21.8. The first-order valence-corrected chi connectivity index (χ1v) is 6.38. The summed E-state index contributed by atoms with van der Waals surface area (Å²) in [5.74, 6) is -3.99. The summed E-state index contributed by atoms with van der Waals surface area (Å²) in [6, 6.07) is 0. The van der Waals surface area contributed by atoms with E-state index in [2.05, 4.69) is 6.92 Å². The van der Waals surface area contributed by atoms with Gasteiger partial charge in [-0.05, 0) is 6.42 Å². The quantitative estimate of drug-likeness (QED) is 0.344. The van der Waals surface area contributed by atoms with Crippen LogP contribution in [0.1, 0.15) is 51.9 Å². The summed E-state index contributed by atoms with van der Waals surface area (Å²) in [6.45, 7) is 2.12. The molecule has 0 fully saturated rings. The zero-order chi connectivity index (χ0) is 14.2. The molecule has 0 aliphatic heterocycles. The molecule has 1 unspecified atom stereocenters. The number of nitrogens with two attached hydrogens (primary N) is 2. The predicted octanol–water partition coefficient (Wildman–Crippen LogP) is 1.14. The van der Waals surface area contributed by atoms with Crippen molar-refractivity contribution in [1.82, 2.24) is 0 Å². The van der Waals surface area contributed by atoms with Gasteiger partial charge in [0.15, 0.2) is 5.66 Å². The Morgan fingerprint density at radius 2 is 1.56 bits per heavy atom. The highest BCUT2D eigenvalue weighted by Gasteiger charge is 2.42. The van der Waals surface area contributed by atoms with E-state index in [9.17, 15) is 9.59 Å². The molecule has 0 aliphatic rings. The van der Waals surface area contributed by atoms with Crippen LogP contribution in [0.3, 0.4) is 0 Å². The summed E-state index contributed by atoms with van der Waals surface area (Å²) >= 11 is 0. The Kier molecular flexibility index (Phi) is 7.54. The highest BCUT2D eigenvalue weighted by Crippen LogP contribution is 2.19. The zero-order valence-corrected chi connectivity index (χ0v) is 10.9. The molecule has 6 nitrogen and oxygen atoms in total. The summed E-state index contributed by atoms with van der Waals surface area (Å²) < 4.78 is 0. The third-order valence-corrected chi connectivity index (χ3v) is 3.09. The third kappa shape index (κ3) is 5.46. The summed E-state index contributed by atoms with van der Waals surface area (Å²) in [5, 5.41) is 17.8. The Morgan fingerprint density at radius 1 is 1.06 bits per heavy atom. The maximum absolute atomic E-state index is 11.0. The van der Waals surface area contributed by atoms with Crippen LogP contribution in [0, 0.1) is 5.92 Å². The predicted molar refractivity (Wildman–Crippen MR) is 67.9 cm³/mol. The maximum atomic E-state index is 11.0. The first-order valence-electron chi connectivity index (χ1n) is 6.38. The lowest BCUT2D eigenvalue weighted by Crippen LogP contribution is -2.63. The van der Waals surface area contributed by atoms with Gasteiger partial charge in [-0.2, -0.15) is 0 Å². The van der Waals surface area contributed by atoms with Crippen LogP contribution in [0.5, 0.6) is 0 Å². The van der Waals surface area contributed by atoms with Crippen LogP contribution in [0.15, 0.2) is 0 Å². The fourth-order valence-corrected chi connectivity index (χ4v) is 1.84. The minimum Gasteiger partial charge on any atom is -0.481 e. The lowest BCUT2D eigenvalue weighted by molar-refractivity contribution is -0.155. The minimum absolute atomic E-state index is 0.195. The smallest absolute Gasteiger partial charge is 0.339 e. The van der Waals surface area contributed by atoms with Gasteiger partial charge in [-0.25, -0.2) is 4.79 Å². The van der Waals surface area contributed by atoms with E-state index in [-0.39, 0.29) is 6.42 Å². The van der Waals surface area contributed by atoms with Gasteiger partial charge >= 0.3 is 11.9 Å². The van der Waals surface area contributed by atoms with Gasteiger partial charge < -0.3 is 21.7 Å². The molecule has 6 heteroatoms. The van der Waals surface area contributed by atoms with E-state index in [0.29, 0.717) is 6.42 Å². The Balaban J connectivity index is 4.15. The molecule has 0 heterocycles. The van der Waals surface area contributed by atoms with E-state index < -0.39 is 23.5 Å². The second kappa shape index (κ2) is 8.05. The van der Waals surface area contributed by atoms with Crippen molar-refractivity contribution in [2.24, 2.45) is 17.4 Å². The molecule has 1 atom stereocenters. The number of hydrogen-bond donors (Lipinski definition) is 4. The molecular weight excluding hydrogens is 236 g/mol. The van der Waals surface area contributed by atoms with Crippen LogP contribution in [0.25, 0.3) is 0 Å². The van der Waals surface area contributed by atoms with Crippen LogP contribution < -0.4 is 11.5 Å². The second-order valence-corrected chi connectivity index (χ2v) is 4.69. The van der Waals surface area contributed by atoms with Gasteiger partial charge in [-0.15, -0.1) is 0 Å². The number of carboxylic acid groups (broad SMARTS) is 2. The number of carbonyl (C=O) groups is 2. The number of carboxylic acids is 2. The van der Waals surface area contributed by atoms with E-state index >= 15 is 0 Å². The lowest BCUT2D eigenvalue weighted by atomic mass is 9.88. The van der Waals surface area contributed by atoms with Gasteiger partial charge in [-0.1, -0.05) is 45.4 Å². The second-order valence-electron chi connectivity index (χ2n) is 4.69. The van der Waals surface area contributed by atoms with E-state index in [1.807, 2.05) is 0 Å². The van der Waals surface area contributed by atoms with Gasteiger partial charge in [0, 0.05) is 0 Å². The Hall–Kier alpha value is -1.14. The van der Waals surface area contributed by atoms with Gasteiger partial charge in [0.05, 0.1) is 5.92 Å². The van der Waals surface area contributed by atoms with Crippen molar-refractivity contribution in [3.63, 3.8) is 0 Å². The summed E-state index contributed by atoms with van der Waals surface area (Å²) in [7, 11) is 0. The van der Waals surface area contributed by atoms with E-state index in [1.54, 1.807) is 0 Å². The van der Waals surface area contributed by atoms with Crippen LogP contribution in [0.2, 0.25) is 0 Å². The molecule has 0 radical (unpaired) electrons. The van der Waals surface area contributed by atoms with E-state index in [4.69, 9.17) is 21.7 Å². The van der Waals surface area contributed by atoms with Crippen LogP contribution in [-0.2, 0) is 9.59 Å². The molecule has 0 aliphatic carbocycles. The molecule has 18 heavy (non-hydrogen) atoms. The van der Waals surface area contributed by atoms with Crippen molar-refractivity contribution in [3.8, 4) is 0 Å². The molecule has 0 saturated heterocycles. The molecule has 0 saturated carbocycles. The molecular formula is C12H24N2O4. The van der Waals surface area contributed by atoms with Gasteiger partial charge in [0.1, 0.15) is 0 Å². The van der Waals surface area contributed by atoms with Crippen molar-refractivity contribution in [2.45, 2.75) is 57.5 Å². The van der Waals surface area contributed by atoms with Crippen LogP contribution >= 0.6 is 0 Å². The summed E-state index contributed by atoms with van der Waals surface area (Å²) in [5.41, 5.74) is 8.53. The van der Waals surface area contributed by atoms with Crippen molar-refractivity contribution in [3.05, 3.63) is 0 Å². The van der Waals surface area contributed by atoms with E-state index in [1.165, 1.54) is 0 Å². The van der Waals surface area contributed by atoms with Crippen molar-refractivity contribution < 1.29 is 19.8 Å².